The zero-order chi connectivity index (χ0) is 17.6. The highest BCUT2D eigenvalue weighted by molar-refractivity contribution is 5.86. The average Bonchev–Trinajstić information content (AvgIpc) is 3.15. The first kappa shape index (κ1) is 16.7. The van der Waals surface area contributed by atoms with Crippen LogP contribution in [0.3, 0.4) is 0 Å². The first-order valence-corrected chi connectivity index (χ1v) is 8.77. The minimum Gasteiger partial charge on any atom is -0.394 e. The second kappa shape index (κ2) is 6.21. The fourth-order valence-corrected chi connectivity index (χ4v) is 3.87. The van der Waals surface area contributed by atoms with Crippen molar-refractivity contribution in [2.75, 3.05) is 24.6 Å². The number of hydrogen-bond acceptors (Lipinski definition) is 7. The Morgan fingerprint density at radius 2 is 2.04 bits per heavy atom. The van der Waals surface area contributed by atoms with E-state index in [1.807, 2.05) is 6.07 Å². The molecule has 4 rings (SSSR count). The Kier molecular flexibility index (Phi) is 4.15. The molecule has 2 fully saturated rings. The number of aliphatic hydroxyl groups is 3. The van der Waals surface area contributed by atoms with Gasteiger partial charge in [-0.2, -0.15) is 0 Å². The third kappa shape index (κ3) is 2.60. The molecule has 2 aliphatic rings. The number of rotatable bonds is 3. The van der Waals surface area contributed by atoms with E-state index in [9.17, 15) is 15.3 Å². The zero-order valence-corrected chi connectivity index (χ0v) is 14.2. The van der Waals surface area contributed by atoms with E-state index >= 15 is 0 Å². The van der Waals surface area contributed by atoms with Gasteiger partial charge in [0.25, 0.3) is 0 Å². The molecule has 2 aromatic rings. The lowest BCUT2D eigenvalue weighted by Crippen LogP contribution is -2.44. The first-order chi connectivity index (χ1) is 12.0. The van der Waals surface area contributed by atoms with E-state index in [-0.39, 0.29) is 6.61 Å². The summed E-state index contributed by atoms with van der Waals surface area (Å²) in [5, 5.41) is 30.3. The highest BCUT2D eigenvalue weighted by atomic mass is 16.6. The van der Waals surface area contributed by atoms with Crippen LogP contribution in [0.15, 0.2) is 18.6 Å². The number of fused-ring (bicyclic) bond motifs is 1. The molecule has 0 unspecified atom stereocenters. The fourth-order valence-electron chi connectivity index (χ4n) is 3.87. The van der Waals surface area contributed by atoms with Gasteiger partial charge in [0.2, 0.25) is 0 Å². The summed E-state index contributed by atoms with van der Waals surface area (Å²) in [5.41, 5.74) is 0.828. The summed E-state index contributed by atoms with van der Waals surface area (Å²) in [7, 11) is 0. The molecule has 0 spiro atoms. The number of piperidine rings is 1. The van der Waals surface area contributed by atoms with Crippen molar-refractivity contribution in [2.45, 2.75) is 50.2 Å². The number of pyridine rings is 1. The second-order valence-corrected chi connectivity index (χ2v) is 7.08. The number of anilines is 1. The standard InChI is InChI=1S/C17H24N4O4/c1-17(24)14(23)12(9-22)25-16(17)21-10-19-13-11(5-6-18-15(13)21)20-7-3-2-4-8-20/h5-6,10,12,14,16,22-24H,2-4,7-9H2,1H3/t12-,14-,16-,17-/m1/s1. The third-order valence-corrected chi connectivity index (χ3v) is 5.32. The summed E-state index contributed by atoms with van der Waals surface area (Å²) in [6.45, 7) is 3.12. The van der Waals surface area contributed by atoms with Gasteiger partial charge in [0.05, 0.1) is 18.6 Å². The monoisotopic (exact) mass is 348 g/mol. The lowest BCUT2D eigenvalue weighted by molar-refractivity contribution is -0.0950. The minimum absolute atomic E-state index is 0.368. The smallest absolute Gasteiger partial charge is 0.168 e. The van der Waals surface area contributed by atoms with E-state index < -0.39 is 24.0 Å². The number of hydrogen-bond donors (Lipinski definition) is 3. The molecule has 2 aliphatic heterocycles. The molecule has 2 saturated heterocycles. The van der Waals surface area contributed by atoms with Gasteiger partial charge in [-0.3, -0.25) is 4.57 Å². The number of imidazole rings is 1. The molecule has 4 heterocycles. The lowest BCUT2D eigenvalue weighted by atomic mass is 9.96. The molecule has 3 N–H and O–H groups in total. The summed E-state index contributed by atoms with van der Waals surface area (Å²) in [6, 6.07) is 1.96. The Balaban J connectivity index is 1.74. The van der Waals surface area contributed by atoms with Crippen LogP contribution in [0.5, 0.6) is 0 Å². The van der Waals surface area contributed by atoms with E-state index in [0.717, 1.165) is 37.1 Å². The van der Waals surface area contributed by atoms with Crippen LogP contribution in [-0.4, -0.2) is 67.4 Å². The zero-order valence-electron chi connectivity index (χ0n) is 14.2. The molecule has 8 nitrogen and oxygen atoms in total. The van der Waals surface area contributed by atoms with E-state index in [4.69, 9.17) is 4.74 Å². The topological polar surface area (TPSA) is 104 Å². The van der Waals surface area contributed by atoms with Crippen LogP contribution in [0.2, 0.25) is 0 Å². The first-order valence-electron chi connectivity index (χ1n) is 8.77. The SMILES string of the molecule is C[C@@]1(O)[C@H](O)[C@@H](CO)O[C@H]1n1cnc2c(N3CCCCC3)ccnc21. The van der Waals surface area contributed by atoms with Crippen LogP contribution < -0.4 is 4.90 Å². The Bertz CT molecular complexity index is 756. The molecular formula is C17H24N4O4. The van der Waals surface area contributed by atoms with Gasteiger partial charge in [-0.1, -0.05) is 0 Å². The molecule has 0 bridgehead atoms. The Morgan fingerprint density at radius 1 is 1.28 bits per heavy atom. The minimum atomic E-state index is -1.55. The number of nitrogens with zero attached hydrogens (tertiary/aromatic N) is 4. The van der Waals surface area contributed by atoms with Crippen molar-refractivity contribution >= 4 is 16.9 Å². The normalized spacial score (nSPS) is 33.3. The summed E-state index contributed by atoms with van der Waals surface area (Å²) < 4.78 is 7.34. The van der Waals surface area contributed by atoms with Gasteiger partial charge in [0.1, 0.15) is 23.3 Å². The van der Waals surface area contributed by atoms with Gasteiger partial charge >= 0.3 is 0 Å². The highest BCUT2D eigenvalue weighted by Crippen LogP contribution is 2.40. The Morgan fingerprint density at radius 3 is 2.72 bits per heavy atom. The van der Waals surface area contributed by atoms with Crippen molar-refractivity contribution in [3.63, 3.8) is 0 Å². The van der Waals surface area contributed by atoms with Crippen molar-refractivity contribution in [3.8, 4) is 0 Å². The average molecular weight is 348 g/mol. The Labute approximate surface area is 145 Å². The van der Waals surface area contributed by atoms with Gasteiger partial charge in [-0.25, -0.2) is 9.97 Å². The van der Waals surface area contributed by atoms with E-state index in [0.29, 0.717) is 5.65 Å². The molecule has 0 aliphatic carbocycles. The molecule has 136 valence electrons. The van der Waals surface area contributed by atoms with Crippen molar-refractivity contribution in [1.29, 1.82) is 0 Å². The Hall–Kier alpha value is -1.74. The fraction of sp³-hybridized carbons (Fsp3) is 0.647. The van der Waals surface area contributed by atoms with Gasteiger partial charge < -0.3 is 25.0 Å². The van der Waals surface area contributed by atoms with Crippen LogP contribution in [0.25, 0.3) is 11.2 Å². The van der Waals surface area contributed by atoms with E-state index in [1.54, 1.807) is 17.1 Å². The maximum atomic E-state index is 10.7. The van der Waals surface area contributed by atoms with E-state index in [2.05, 4.69) is 14.9 Å². The lowest BCUT2D eigenvalue weighted by Gasteiger charge is -2.29. The molecule has 0 aromatic carbocycles. The largest absolute Gasteiger partial charge is 0.394 e. The van der Waals surface area contributed by atoms with Crippen molar-refractivity contribution < 1.29 is 20.1 Å². The molecule has 0 saturated carbocycles. The van der Waals surface area contributed by atoms with Gasteiger partial charge in [0, 0.05) is 19.3 Å². The maximum Gasteiger partial charge on any atom is 0.168 e. The van der Waals surface area contributed by atoms with Gasteiger partial charge in [-0.15, -0.1) is 0 Å². The van der Waals surface area contributed by atoms with Crippen LogP contribution in [0.4, 0.5) is 5.69 Å². The highest BCUT2D eigenvalue weighted by Gasteiger charge is 2.53. The summed E-state index contributed by atoms with van der Waals surface area (Å²) in [4.78, 5) is 11.2. The van der Waals surface area contributed by atoms with Crippen LogP contribution >= 0.6 is 0 Å². The van der Waals surface area contributed by atoms with Crippen molar-refractivity contribution in [2.24, 2.45) is 0 Å². The predicted octanol–water partition coefficient (Wildman–Crippen LogP) is 0.423. The predicted molar refractivity (Wildman–Crippen MR) is 91.2 cm³/mol. The molecule has 0 amide bonds. The summed E-state index contributed by atoms with van der Waals surface area (Å²) >= 11 is 0. The quantitative estimate of drug-likeness (QED) is 0.739. The maximum absolute atomic E-state index is 10.7. The summed E-state index contributed by atoms with van der Waals surface area (Å²) in [5.74, 6) is 0. The van der Waals surface area contributed by atoms with Gasteiger partial charge in [-0.05, 0) is 32.3 Å². The van der Waals surface area contributed by atoms with Crippen molar-refractivity contribution in [3.05, 3.63) is 18.6 Å². The number of aromatic nitrogens is 3. The molecule has 0 radical (unpaired) electrons. The van der Waals surface area contributed by atoms with Crippen LogP contribution in [0.1, 0.15) is 32.4 Å². The van der Waals surface area contributed by atoms with E-state index in [1.165, 1.54) is 13.3 Å². The molecule has 25 heavy (non-hydrogen) atoms. The van der Waals surface area contributed by atoms with Gasteiger partial charge in [0.15, 0.2) is 11.9 Å². The molecule has 8 heteroatoms. The van der Waals surface area contributed by atoms with Crippen LogP contribution in [0, 0.1) is 0 Å². The molecule has 4 atom stereocenters. The third-order valence-electron chi connectivity index (χ3n) is 5.32. The molecular weight excluding hydrogens is 324 g/mol. The summed E-state index contributed by atoms with van der Waals surface area (Å²) in [6.07, 6.45) is 3.98. The second-order valence-electron chi connectivity index (χ2n) is 7.08. The number of aliphatic hydroxyl groups excluding tert-OH is 2. The number of ether oxygens (including phenoxy) is 1. The van der Waals surface area contributed by atoms with Crippen molar-refractivity contribution in [1.82, 2.24) is 14.5 Å². The van der Waals surface area contributed by atoms with Crippen LogP contribution in [-0.2, 0) is 4.74 Å². The molecule has 2 aromatic heterocycles.